The van der Waals surface area contributed by atoms with Crippen molar-refractivity contribution < 1.29 is 13.9 Å². The van der Waals surface area contributed by atoms with E-state index in [4.69, 9.17) is 10.1 Å². The van der Waals surface area contributed by atoms with E-state index in [2.05, 4.69) is 20.4 Å². The van der Waals surface area contributed by atoms with Gasteiger partial charge in [-0.05, 0) is 31.0 Å². The van der Waals surface area contributed by atoms with Crippen LogP contribution in [-0.2, 0) is 18.3 Å². The fourth-order valence-corrected chi connectivity index (χ4v) is 3.39. The molecule has 0 radical (unpaired) electrons. The number of hydrogen-bond donors (Lipinski definition) is 2. The van der Waals surface area contributed by atoms with Gasteiger partial charge in [0.25, 0.3) is 0 Å². The molecule has 30 heavy (non-hydrogen) atoms. The van der Waals surface area contributed by atoms with Crippen molar-refractivity contribution in [2.45, 2.75) is 25.4 Å². The molecule has 5 rings (SSSR count). The summed E-state index contributed by atoms with van der Waals surface area (Å²) in [6, 6.07) is 6.98. The van der Waals surface area contributed by atoms with Gasteiger partial charge in [-0.25, -0.2) is 19.2 Å². The largest absolute Gasteiger partial charge is 0.453 e. The van der Waals surface area contributed by atoms with Gasteiger partial charge in [0.15, 0.2) is 22.6 Å². The normalized spacial score (nSPS) is 13.7. The molecule has 154 valence electrons. The number of nitrogens with one attached hydrogen (secondary N) is 2. The Hall–Kier alpha value is -3.69. The van der Waals surface area contributed by atoms with Crippen molar-refractivity contribution in [3.8, 4) is 11.3 Å². The van der Waals surface area contributed by atoms with Crippen molar-refractivity contribution in [2.24, 2.45) is 7.05 Å². The van der Waals surface area contributed by atoms with Crippen LogP contribution in [-0.4, -0.2) is 43.4 Å². The number of aromatic nitrogens is 5. The van der Waals surface area contributed by atoms with E-state index in [9.17, 15) is 9.18 Å². The van der Waals surface area contributed by atoms with Gasteiger partial charge in [-0.2, -0.15) is 9.61 Å². The Labute approximate surface area is 170 Å². The molecule has 3 aromatic heterocycles. The average Bonchev–Trinajstić information content (AvgIpc) is 3.32. The van der Waals surface area contributed by atoms with E-state index >= 15 is 0 Å². The third-order valence-corrected chi connectivity index (χ3v) is 5.12. The minimum atomic E-state index is -0.619. The number of nitrogens with zero attached hydrogens (tertiary/aromatic N) is 5. The number of amides is 1. The van der Waals surface area contributed by atoms with Crippen LogP contribution in [0.2, 0.25) is 0 Å². The maximum absolute atomic E-state index is 14.2. The van der Waals surface area contributed by atoms with Crippen LogP contribution in [0, 0.1) is 5.82 Å². The fourth-order valence-electron chi connectivity index (χ4n) is 3.39. The molecule has 0 unspecified atom stereocenters. The van der Waals surface area contributed by atoms with Crippen LogP contribution in [0.15, 0.2) is 30.6 Å². The summed E-state index contributed by atoms with van der Waals surface area (Å²) in [6.07, 6.45) is 3.37. The summed E-state index contributed by atoms with van der Waals surface area (Å²) in [6.45, 7) is 0.0133. The first kappa shape index (κ1) is 18.3. The van der Waals surface area contributed by atoms with Gasteiger partial charge in [-0.1, -0.05) is 0 Å². The molecule has 1 amide bonds. The molecule has 1 aromatic carbocycles. The van der Waals surface area contributed by atoms with E-state index in [-0.39, 0.29) is 6.54 Å². The van der Waals surface area contributed by atoms with Crippen molar-refractivity contribution in [3.05, 3.63) is 42.0 Å². The molecule has 0 atom stereocenters. The highest BCUT2D eigenvalue weighted by Gasteiger charge is 2.24. The van der Waals surface area contributed by atoms with E-state index in [1.54, 1.807) is 23.0 Å². The van der Waals surface area contributed by atoms with Crippen LogP contribution in [0.1, 0.15) is 18.4 Å². The Bertz CT molecular complexity index is 1280. The van der Waals surface area contributed by atoms with Crippen molar-refractivity contribution in [1.29, 1.82) is 0 Å². The lowest BCUT2D eigenvalue weighted by atomic mass is 10.1. The number of carbonyl (C=O) groups is 1. The lowest BCUT2D eigenvalue weighted by Crippen LogP contribution is -2.22. The van der Waals surface area contributed by atoms with Gasteiger partial charge in [0.05, 0.1) is 19.1 Å². The van der Waals surface area contributed by atoms with Crippen LogP contribution in [0.25, 0.3) is 28.1 Å². The first-order valence-corrected chi connectivity index (χ1v) is 9.61. The van der Waals surface area contributed by atoms with Crippen molar-refractivity contribution in [3.63, 3.8) is 0 Å². The van der Waals surface area contributed by atoms with Crippen LogP contribution in [0.5, 0.6) is 0 Å². The van der Waals surface area contributed by atoms with Gasteiger partial charge in [0.1, 0.15) is 5.82 Å². The number of methoxy groups -OCH3 is 1. The highest BCUT2D eigenvalue weighted by molar-refractivity contribution is 5.86. The standard InChI is InChI=1S/C20H20FN7O2/c1-27-10-23-17-18(24-13-4-5-13)25-16-8-15(26-28(16)19(17)27)11-3-6-14(21)12(7-11)9-22-20(29)30-2/h3,6-8,10,13H,4-5,9H2,1-2H3,(H,22,29)(H,24,25). The van der Waals surface area contributed by atoms with Crippen molar-refractivity contribution in [2.75, 3.05) is 12.4 Å². The second-order valence-corrected chi connectivity index (χ2v) is 7.36. The third kappa shape index (κ3) is 3.19. The third-order valence-electron chi connectivity index (χ3n) is 5.12. The predicted octanol–water partition coefficient (Wildman–Crippen LogP) is 2.85. The number of imidazole rings is 1. The molecule has 10 heteroatoms. The van der Waals surface area contributed by atoms with E-state index in [1.807, 2.05) is 17.7 Å². The zero-order chi connectivity index (χ0) is 20.8. The van der Waals surface area contributed by atoms with E-state index < -0.39 is 11.9 Å². The smallest absolute Gasteiger partial charge is 0.407 e. The summed E-state index contributed by atoms with van der Waals surface area (Å²) in [4.78, 5) is 20.5. The molecule has 4 aromatic rings. The van der Waals surface area contributed by atoms with Gasteiger partial charge < -0.3 is 19.9 Å². The zero-order valence-corrected chi connectivity index (χ0v) is 16.5. The number of ether oxygens (including phenoxy) is 1. The Morgan fingerprint density at radius 1 is 1.33 bits per heavy atom. The zero-order valence-electron chi connectivity index (χ0n) is 16.5. The quantitative estimate of drug-likeness (QED) is 0.526. The fraction of sp³-hybridized carbons (Fsp3) is 0.300. The number of fused-ring (bicyclic) bond motifs is 3. The molecule has 1 aliphatic carbocycles. The van der Waals surface area contributed by atoms with E-state index in [0.29, 0.717) is 22.9 Å². The summed E-state index contributed by atoms with van der Waals surface area (Å²) in [7, 11) is 3.17. The molecule has 3 heterocycles. The van der Waals surface area contributed by atoms with E-state index in [1.165, 1.54) is 13.2 Å². The number of halogens is 1. The highest BCUT2D eigenvalue weighted by Crippen LogP contribution is 2.30. The average molecular weight is 409 g/mol. The number of alkyl carbamates (subject to hydrolysis) is 1. The van der Waals surface area contributed by atoms with Gasteiger partial charge >= 0.3 is 6.09 Å². The Morgan fingerprint density at radius 2 is 2.17 bits per heavy atom. The molecule has 2 N–H and O–H groups in total. The van der Waals surface area contributed by atoms with Crippen molar-refractivity contribution >= 4 is 28.7 Å². The van der Waals surface area contributed by atoms with Gasteiger partial charge in [-0.15, -0.1) is 0 Å². The maximum Gasteiger partial charge on any atom is 0.407 e. The number of rotatable bonds is 5. The SMILES string of the molecule is COC(=O)NCc1cc(-c2cc3nc(NC4CC4)c4ncn(C)c4n3n2)ccc1F. The monoisotopic (exact) mass is 409 g/mol. The molecule has 1 saturated carbocycles. The molecular weight excluding hydrogens is 389 g/mol. The minimum absolute atomic E-state index is 0.0133. The number of aryl methyl sites for hydroxylation is 1. The molecule has 1 aliphatic rings. The lowest BCUT2D eigenvalue weighted by Gasteiger charge is -2.07. The van der Waals surface area contributed by atoms with Crippen LogP contribution in [0.4, 0.5) is 15.0 Å². The number of hydrogen-bond acceptors (Lipinski definition) is 6. The summed E-state index contributed by atoms with van der Waals surface area (Å²) in [5.74, 6) is 0.330. The van der Waals surface area contributed by atoms with Gasteiger partial charge in [-0.3, -0.25) is 0 Å². The number of benzene rings is 1. The molecule has 0 bridgehead atoms. The minimum Gasteiger partial charge on any atom is -0.453 e. The first-order valence-electron chi connectivity index (χ1n) is 9.61. The van der Waals surface area contributed by atoms with E-state index in [0.717, 1.165) is 35.4 Å². The predicted molar refractivity (Wildman–Crippen MR) is 109 cm³/mol. The second kappa shape index (κ2) is 6.97. The molecule has 9 nitrogen and oxygen atoms in total. The number of carbonyl (C=O) groups excluding carboxylic acids is 1. The summed E-state index contributed by atoms with van der Waals surface area (Å²) in [5, 5.41) is 10.6. The van der Waals surface area contributed by atoms with Gasteiger partial charge in [0.2, 0.25) is 0 Å². The Morgan fingerprint density at radius 3 is 2.93 bits per heavy atom. The van der Waals surface area contributed by atoms with Crippen LogP contribution >= 0.6 is 0 Å². The molecular formula is C20H20FN7O2. The van der Waals surface area contributed by atoms with Crippen LogP contribution < -0.4 is 10.6 Å². The van der Waals surface area contributed by atoms with Gasteiger partial charge in [0, 0.05) is 36.8 Å². The topological polar surface area (TPSA) is 98.4 Å². The maximum atomic E-state index is 14.2. The molecule has 0 aliphatic heterocycles. The summed E-state index contributed by atoms with van der Waals surface area (Å²) in [5.41, 5.74) is 3.95. The Kier molecular flexibility index (Phi) is 4.27. The lowest BCUT2D eigenvalue weighted by molar-refractivity contribution is 0.170. The highest BCUT2D eigenvalue weighted by atomic mass is 19.1. The molecule has 0 saturated heterocycles. The van der Waals surface area contributed by atoms with Crippen LogP contribution in [0.3, 0.4) is 0 Å². The molecule has 1 fully saturated rings. The second-order valence-electron chi connectivity index (χ2n) is 7.36. The van der Waals surface area contributed by atoms with Crippen molar-refractivity contribution in [1.82, 2.24) is 29.5 Å². The first-order chi connectivity index (χ1) is 14.5. The molecule has 0 spiro atoms. The summed E-state index contributed by atoms with van der Waals surface area (Å²) >= 11 is 0. The summed E-state index contributed by atoms with van der Waals surface area (Å²) < 4.78 is 22.4. The number of anilines is 1. The Balaban J connectivity index is 1.57.